The first-order valence-corrected chi connectivity index (χ1v) is 10.0. The zero-order chi connectivity index (χ0) is 19.0. The monoisotopic (exact) mass is 386 g/mol. The molecule has 4 rings (SSSR count). The third kappa shape index (κ3) is 3.30. The summed E-state index contributed by atoms with van der Waals surface area (Å²) in [6, 6.07) is 6.62. The van der Waals surface area contributed by atoms with Gasteiger partial charge < -0.3 is 16.0 Å². The predicted octanol–water partition coefficient (Wildman–Crippen LogP) is 3.02. The Morgan fingerprint density at radius 2 is 2.15 bits per heavy atom. The van der Waals surface area contributed by atoms with E-state index in [0.29, 0.717) is 6.54 Å². The Bertz CT molecular complexity index is 862. The van der Waals surface area contributed by atoms with Crippen molar-refractivity contribution in [2.24, 2.45) is 5.41 Å². The van der Waals surface area contributed by atoms with Gasteiger partial charge in [-0.1, -0.05) is 6.07 Å². The number of nitro benzene ring substituents is 1. The highest BCUT2D eigenvalue weighted by Crippen LogP contribution is 2.56. The number of carbonyl (C=O) groups is 1. The first-order chi connectivity index (χ1) is 13.0. The van der Waals surface area contributed by atoms with Crippen LogP contribution in [0, 0.1) is 15.5 Å². The van der Waals surface area contributed by atoms with E-state index in [2.05, 4.69) is 5.32 Å². The van der Waals surface area contributed by atoms with Gasteiger partial charge in [-0.2, -0.15) is 11.3 Å². The van der Waals surface area contributed by atoms with Crippen LogP contribution in [0.5, 0.6) is 0 Å². The minimum atomic E-state index is -0.541. The summed E-state index contributed by atoms with van der Waals surface area (Å²) < 4.78 is 0. The molecule has 1 aromatic heterocycles. The number of nitrogens with two attached hydrogens (primary N) is 1. The average molecular weight is 386 g/mol. The number of thiophene rings is 1. The fraction of sp³-hybridized carbons (Fsp3) is 0.421. The predicted molar refractivity (Wildman–Crippen MR) is 105 cm³/mol. The SMILES string of the molecule is Nc1c(C(=O)N(Cc2ccsc2)C2CC23CCNCC3)cccc1[N+](=O)[O-]. The smallest absolute Gasteiger partial charge is 0.292 e. The van der Waals surface area contributed by atoms with Gasteiger partial charge in [0.05, 0.1) is 10.5 Å². The Kier molecular flexibility index (Phi) is 4.61. The number of hydrogen-bond acceptors (Lipinski definition) is 6. The van der Waals surface area contributed by atoms with Crippen molar-refractivity contribution in [1.29, 1.82) is 0 Å². The van der Waals surface area contributed by atoms with Crippen molar-refractivity contribution in [3.05, 3.63) is 56.3 Å². The quantitative estimate of drug-likeness (QED) is 0.467. The van der Waals surface area contributed by atoms with Crippen LogP contribution in [0.2, 0.25) is 0 Å². The summed E-state index contributed by atoms with van der Waals surface area (Å²) in [5.41, 5.74) is 7.19. The third-order valence-electron chi connectivity index (χ3n) is 5.83. The Hall–Kier alpha value is -2.45. The number of carbonyl (C=O) groups excluding carboxylic acids is 1. The molecule has 2 heterocycles. The van der Waals surface area contributed by atoms with Crippen LogP contribution in [-0.2, 0) is 6.54 Å². The Morgan fingerprint density at radius 1 is 1.37 bits per heavy atom. The van der Waals surface area contributed by atoms with Gasteiger partial charge in [0.25, 0.3) is 11.6 Å². The van der Waals surface area contributed by atoms with Crippen molar-refractivity contribution >= 4 is 28.6 Å². The third-order valence-corrected chi connectivity index (χ3v) is 6.56. The van der Waals surface area contributed by atoms with Gasteiger partial charge in [0, 0.05) is 18.7 Å². The largest absolute Gasteiger partial charge is 0.393 e. The van der Waals surface area contributed by atoms with Gasteiger partial charge in [-0.25, -0.2) is 0 Å². The maximum Gasteiger partial charge on any atom is 0.292 e. The molecule has 0 bridgehead atoms. The lowest BCUT2D eigenvalue weighted by atomic mass is 9.93. The minimum Gasteiger partial charge on any atom is -0.393 e. The summed E-state index contributed by atoms with van der Waals surface area (Å²) in [7, 11) is 0. The second-order valence-electron chi connectivity index (χ2n) is 7.39. The van der Waals surface area contributed by atoms with Crippen LogP contribution in [0.3, 0.4) is 0 Å². The number of piperidine rings is 1. The summed E-state index contributed by atoms with van der Waals surface area (Å²) in [6.45, 7) is 2.44. The number of amides is 1. The van der Waals surface area contributed by atoms with E-state index in [1.54, 1.807) is 17.4 Å². The van der Waals surface area contributed by atoms with Crippen LogP contribution in [-0.4, -0.2) is 34.9 Å². The average Bonchev–Trinajstić information content (AvgIpc) is 3.09. The van der Waals surface area contributed by atoms with Crippen LogP contribution in [0.25, 0.3) is 0 Å². The molecular weight excluding hydrogens is 364 g/mol. The van der Waals surface area contributed by atoms with Crippen LogP contribution >= 0.6 is 11.3 Å². The van der Waals surface area contributed by atoms with Gasteiger partial charge >= 0.3 is 0 Å². The van der Waals surface area contributed by atoms with Gasteiger partial charge in [-0.3, -0.25) is 14.9 Å². The second kappa shape index (κ2) is 6.94. The highest BCUT2D eigenvalue weighted by atomic mass is 32.1. The van der Waals surface area contributed by atoms with E-state index in [9.17, 15) is 14.9 Å². The fourth-order valence-electron chi connectivity index (χ4n) is 4.19. The van der Waals surface area contributed by atoms with E-state index in [4.69, 9.17) is 5.73 Å². The normalized spacial score (nSPS) is 20.4. The Balaban J connectivity index is 1.66. The topological polar surface area (TPSA) is 102 Å². The highest BCUT2D eigenvalue weighted by molar-refractivity contribution is 7.07. The molecule has 1 spiro atoms. The summed E-state index contributed by atoms with van der Waals surface area (Å²) >= 11 is 1.60. The Labute approximate surface area is 161 Å². The molecule has 1 atom stereocenters. The van der Waals surface area contributed by atoms with Crippen molar-refractivity contribution in [3.8, 4) is 0 Å². The molecule has 1 aliphatic heterocycles. The lowest BCUT2D eigenvalue weighted by molar-refractivity contribution is -0.383. The molecule has 1 saturated carbocycles. The second-order valence-corrected chi connectivity index (χ2v) is 8.17. The molecule has 142 valence electrons. The van der Waals surface area contributed by atoms with Crippen LogP contribution < -0.4 is 11.1 Å². The van der Waals surface area contributed by atoms with E-state index in [0.717, 1.165) is 37.9 Å². The van der Waals surface area contributed by atoms with Gasteiger partial charge in [0.1, 0.15) is 5.69 Å². The number of nitro groups is 1. The standard InChI is InChI=1S/C19H22N4O3S/c20-17-14(2-1-3-15(17)23(25)26)18(24)22(11-13-4-9-27-12-13)16-10-19(16)5-7-21-8-6-19/h1-4,9,12,16,21H,5-8,10-11,20H2. The van der Waals surface area contributed by atoms with Crippen molar-refractivity contribution < 1.29 is 9.72 Å². The Morgan fingerprint density at radius 3 is 2.81 bits per heavy atom. The van der Waals surface area contributed by atoms with Crippen LogP contribution in [0.15, 0.2) is 35.0 Å². The summed E-state index contributed by atoms with van der Waals surface area (Å²) in [4.78, 5) is 25.9. The number of para-hydroxylation sites is 1. The summed E-state index contributed by atoms with van der Waals surface area (Å²) in [5.74, 6) is -0.220. The molecule has 3 N–H and O–H groups in total. The number of anilines is 1. The lowest BCUT2D eigenvalue weighted by Crippen LogP contribution is -2.39. The molecule has 1 aromatic carbocycles. The maximum absolute atomic E-state index is 13.4. The van der Waals surface area contributed by atoms with E-state index in [-0.39, 0.29) is 34.3 Å². The molecular formula is C19H22N4O3S. The maximum atomic E-state index is 13.4. The van der Waals surface area contributed by atoms with Crippen molar-refractivity contribution in [3.63, 3.8) is 0 Å². The number of hydrogen-bond donors (Lipinski definition) is 2. The van der Waals surface area contributed by atoms with Crippen molar-refractivity contribution in [2.75, 3.05) is 18.8 Å². The van der Waals surface area contributed by atoms with E-state index >= 15 is 0 Å². The van der Waals surface area contributed by atoms with E-state index in [1.165, 1.54) is 12.1 Å². The molecule has 8 heteroatoms. The number of nitrogens with zero attached hydrogens (tertiary/aromatic N) is 2. The number of benzene rings is 1. The van der Waals surface area contributed by atoms with Gasteiger partial charge in [0.2, 0.25) is 0 Å². The number of nitrogen functional groups attached to an aromatic ring is 1. The van der Waals surface area contributed by atoms with Crippen molar-refractivity contribution in [2.45, 2.75) is 31.8 Å². The molecule has 1 aliphatic carbocycles. The number of rotatable bonds is 5. The molecule has 1 saturated heterocycles. The summed E-state index contributed by atoms with van der Waals surface area (Å²) in [5, 5.41) is 18.6. The molecule has 27 heavy (non-hydrogen) atoms. The molecule has 2 fully saturated rings. The molecule has 2 aliphatic rings. The van der Waals surface area contributed by atoms with Crippen LogP contribution in [0.1, 0.15) is 35.2 Å². The zero-order valence-corrected chi connectivity index (χ0v) is 15.7. The molecule has 1 amide bonds. The fourth-order valence-corrected chi connectivity index (χ4v) is 4.85. The number of nitrogens with one attached hydrogen (secondary N) is 1. The van der Waals surface area contributed by atoms with Gasteiger partial charge in [-0.05, 0) is 66.2 Å². The zero-order valence-electron chi connectivity index (χ0n) is 14.9. The molecule has 1 unspecified atom stereocenters. The van der Waals surface area contributed by atoms with Crippen molar-refractivity contribution in [1.82, 2.24) is 10.2 Å². The van der Waals surface area contributed by atoms with E-state index < -0.39 is 4.92 Å². The summed E-state index contributed by atoms with van der Waals surface area (Å²) in [6.07, 6.45) is 3.09. The van der Waals surface area contributed by atoms with Crippen LogP contribution in [0.4, 0.5) is 11.4 Å². The highest BCUT2D eigenvalue weighted by Gasteiger charge is 2.57. The first-order valence-electron chi connectivity index (χ1n) is 9.07. The lowest BCUT2D eigenvalue weighted by Gasteiger charge is -2.30. The molecule has 7 nitrogen and oxygen atoms in total. The van der Waals surface area contributed by atoms with Gasteiger partial charge in [0.15, 0.2) is 0 Å². The molecule has 2 aromatic rings. The first kappa shape index (κ1) is 17.9. The molecule has 0 radical (unpaired) electrons. The van der Waals surface area contributed by atoms with Gasteiger partial charge in [-0.15, -0.1) is 0 Å². The minimum absolute atomic E-state index is 0.0529. The van der Waals surface area contributed by atoms with E-state index in [1.807, 2.05) is 21.7 Å².